The fraction of sp³-hybridized carbons (Fsp3) is 0.167. The number of nitrogens with zero attached hydrogens (tertiary/aromatic N) is 1. The van der Waals surface area contributed by atoms with Crippen LogP contribution in [-0.2, 0) is 0 Å². The van der Waals surface area contributed by atoms with Gasteiger partial charge in [0.1, 0.15) is 0 Å². The number of hydrogen-bond acceptors (Lipinski definition) is 1. The maximum absolute atomic E-state index is 12.4. The minimum absolute atomic E-state index is 0.0378. The third-order valence-corrected chi connectivity index (χ3v) is 3.01. The van der Waals surface area contributed by atoms with Gasteiger partial charge in [-0.3, -0.25) is 4.79 Å². The van der Waals surface area contributed by atoms with Crippen molar-refractivity contribution in [3.63, 3.8) is 0 Å². The van der Waals surface area contributed by atoms with Gasteiger partial charge >= 0.3 is 0 Å². The topological polar surface area (TPSA) is 20.3 Å². The van der Waals surface area contributed by atoms with Crippen LogP contribution in [0, 0.1) is 0 Å². The minimum Gasteiger partial charge on any atom is -0.311 e. The van der Waals surface area contributed by atoms with Crippen LogP contribution in [0.2, 0.25) is 0 Å². The molecule has 0 aliphatic carbocycles. The van der Waals surface area contributed by atoms with E-state index < -0.39 is 0 Å². The Morgan fingerprint density at radius 1 is 1.05 bits per heavy atom. The molecule has 20 heavy (non-hydrogen) atoms. The van der Waals surface area contributed by atoms with Gasteiger partial charge in [-0.2, -0.15) is 0 Å². The predicted octanol–water partition coefficient (Wildman–Crippen LogP) is 4.44. The maximum Gasteiger partial charge on any atom is 0.258 e. The molecule has 0 N–H and O–H groups in total. The molecule has 1 heterocycles. The van der Waals surface area contributed by atoms with Crippen LogP contribution in [0.3, 0.4) is 0 Å². The van der Waals surface area contributed by atoms with Crippen molar-refractivity contribution in [3.8, 4) is 0 Å². The smallest absolute Gasteiger partial charge is 0.258 e. The maximum atomic E-state index is 12.4. The second-order valence-electron chi connectivity index (χ2n) is 4.03. The van der Waals surface area contributed by atoms with Gasteiger partial charge in [-0.1, -0.05) is 63.4 Å². The monoisotopic (exact) mass is 267 g/mol. The first-order chi connectivity index (χ1) is 9.69. The lowest BCUT2D eigenvalue weighted by molar-refractivity contribution is 0.0839. The van der Waals surface area contributed by atoms with E-state index in [0.717, 1.165) is 16.8 Å². The van der Waals surface area contributed by atoms with E-state index in [1.54, 1.807) is 24.1 Å². The number of rotatable bonds is 2. The first kappa shape index (κ1) is 15.7. The van der Waals surface area contributed by atoms with Gasteiger partial charge in [0.15, 0.2) is 0 Å². The van der Waals surface area contributed by atoms with Crippen molar-refractivity contribution >= 4 is 12.0 Å². The molecule has 0 aromatic heterocycles. The molecule has 1 aliphatic rings. The van der Waals surface area contributed by atoms with Crippen molar-refractivity contribution in [2.24, 2.45) is 0 Å². The highest BCUT2D eigenvalue weighted by Crippen LogP contribution is 2.22. The lowest BCUT2D eigenvalue weighted by atomic mass is 10.0. The largest absolute Gasteiger partial charge is 0.311 e. The Bertz CT molecular complexity index is 579. The molecule has 1 aromatic rings. The molecule has 2 rings (SSSR count). The van der Waals surface area contributed by atoms with Gasteiger partial charge in [-0.05, 0) is 23.3 Å². The molecule has 2 heteroatoms. The van der Waals surface area contributed by atoms with Crippen LogP contribution < -0.4 is 0 Å². The van der Waals surface area contributed by atoms with Crippen molar-refractivity contribution in [2.45, 2.75) is 13.8 Å². The van der Waals surface area contributed by atoms with E-state index in [4.69, 9.17) is 0 Å². The van der Waals surface area contributed by atoms with E-state index in [0.29, 0.717) is 5.56 Å². The molecule has 0 saturated heterocycles. The Kier molecular flexibility index (Phi) is 5.73. The number of hydrogen-bond donors (Lipinski definition) is 0. The van der Waals surface area contributed by atoms with Gasteiger partial charge in [0.2, 0.25) is 0 Å². The first-order valence-electron chi connectivity index (χ1n) is 6.73. The summed E-state index contributed by atoms with van der Waals surface area (Å²) in [5.74, 6) is -0.0378. The molecule has 0 spiro atoms. The average Bonchev–Trinajstić information content (AvgIpc) is 2.51. The lowest BCUT2D eigenvalue weighted by Gasteiger charge is -2.22. The molecule has 0 radical (unpaired) electrons. The Balaban J connectivity index is 0.000000956. The second kappa shape index (κ2) is 7.29. The van der Waals surface area contributed by atoms with Gasteiger partial charge in [0.05, 0.1) is 5.70 Å². The zero-order valence-corrected chi connectivity index (χ0v) is 12.4. The SMILES string of the molecule is C=CC1=C(\C=C)N(C)C(=O)c2ccccc2/C=C\1.CC. The van der Waals surface area contributed by atoms with Crippen LogP contribution in [0.15, 0.2) is 66.9 Å². The average molecular weight is 267 g/mol. The summed E-state index contributed by atoms with van der Waals surface area (Å²) in [6.07, 6.45) is 7.28. The molecule has 1 aromatic carbocycles. The molecule has 0 unspecified atom stereocenters. The molecule has 0 saturated carbocycles. The van der Waals surface area contributed by atoms with E-state index >= 15 is 0 Å². The number of carbonyl (C=O) groups is 1. The molecular weight excluding hydrogens is 246 g/mol. The lowest BCUT2D eigenvalue weighted by Crippen LogP contribution is -2.27. The highest BCUT2D eigenvalue weighted by molar-refractivity contribution is 5.99. The summed E-state index contributed by atoms with van der Waals surface area (Å²) in [6.45, 7) is 11.5. The first-order valence-corrected chi connectivity index (χ1v) is 6.73. The Hall–Kier alpha value is -2.35. The number of allylic oxidation sites excluding steroid dienone is 4. The fourth-order valence-electron chi connectivity index (χ4n) is 2.01. The van der Waals surface area contributed by atoms with Crippen molar-refractivity contribution in [1.29, 1.82) is 0 Å². The van der Waals surface area contributed by atoms with E-state index in [2.05, 4.69) is 13.2 Å². The van der Waals surface area contributed by atoms with Crippen molar-refractivity contribution < 1.29 is 4.79 Å². The normalized spacial score (nSPS) is 18.9. The summed E-state index contributed by atoms with van der Waals surface area (Å²) in [5, 5.41) is 0. The standard InChI is InChI=1S/C16H15NO.C2H6/c1-4-12-10-11-13-8-6-7-9-14(13)16(18)17(3)15(12)5-2;1-2/h4-11H,1-2H2,3H3;1-2H3/b11-10-,15-12-;. The number of amides is 1. The van der Waals surface area contributed by atoms with Crippen LogP contribution in [0.25, 0.3) is 6.08 Å². The van der Waals surface area contributed by atoms with Gasteiger partial charge in [-0.15, -0.1) is 0 Å². The zero-order chi connectivity index (χ0) is 15.1. The summed E-state index contributed by atoms with van der Waals surface area (Å²) >= 11 is 0. The van der Waals surface area contributed by atoms with Crippen LogP contribution in [0.4, 0.5) is 0 Å². The van der Waals surface area contributed by atoms with Crippen molar-refractivity contribution in [3.05, 3.63) is 78.0 Å². The molecule has 104 valence electrons. The summed E-state index contributed by atoms with van der Waals surface area (Å²) in [7, 11) is 1.75. The number of likely N-dealkylation sites (N-methyl/N-ethyl adjacent to an activating group) is 1. The Morgan fingerprint density at radius 3 is 2.30 bits per heavy atom. The Morgan fingerprint density at radius 2 is 1.70 bits per heavy atom. The van der Waals surface area contributed by atoms with Gasteiger partial charge in [-0.25, -0.2) is 0 Å². The van der Waals surface area contributed by atoms with Crippen LogP contribution in [0.5, 0.6) is 0 Å². The Labute approximate surface area is 121 Å². The molecule has 1 amide bonds. The van der Waals surface area contributed by atoms with E-state index in [-0.39, 0.29) is 5.91 Å². The molecule has 0 atom stereocenters. The highest BCUT2D eigenvalue weighted by Gasteiger charge is 2.19. The number of fused-ring (bicyclic) bond motifs is 1. The third-order valence-electron chi connectivity index (χ3n) is 3.01. The van der Waals surface area contributed by atoms with Gasteiger partial charge < -0.3 is 4.90 Å². The van der Waals surface area contributed by atoms with E-state index in [1.165, 1.54) is 0 Å². The number of benzene rings is 1. The molecule has 0 bridgehead atoms. The zero-order valence-electron chi connectivity index (χ0n) is 12.4. The molecular formula is C18H21NO. The van der Waals surface area contributed by atoms with Crippen LogP contribution in [-0.4, -0.2) is 17.9 Å². The summed E-state index contributed by atoms with van der Waals surface area (Å²) < 4.78 is 0. The van der Waals surface area contributed by atoms with Gasteiger partial charge in [0.25, 0.3) is 5.91 Å². The van der Waals surface area contributed by atoms with Crippen molar-refractivity contribution in [1.82, 2.24) is 4.90 Å². The van der Waals surface area contributed by atoms with Crippen LogP contribution >= 0.6 is 0 Å². The van der Waals surface area contributed by atoms with E-state index in [1.807, 2.05) is 50.3 Å². The predicted molar refractivity (Wildman–Crippen MR) is 86.3 cm³/mol. The third kappa shape index (κ3) is 2.97. The van der Waals surface area contributed by atoms with Crippen molar-refractivity contribution in [2.75, 3.05) is 7.05 Å². The quantitative estimate of drug-likeness (QED) is 0.776. The highest BCUT2D eigenvalue weighted by atomic mass is 16.2. The summed E-state index contributed by atoms with van der Waals surface area (Å²) in [5.41, 5.74) is 3.26. The molecule has 1 aliphatic heterocycles. The summed E-state index contributed by atoms with van der Waals surface area (Å²) in [6, 6.07) is 7.55. The molecule has 2 nitrogen and oxygen atoms in total. The van der Waals surface area contributed by atoms with E-state index in [9.17, 15) is 4.79 Å². The number of carbonyl (C=O) groups excluding carboxylic acids is 1. The van der Waals surface area contributed by atoms with Crippen LogP contribution in [0.1, 0.15) is 29.8 Å². The summed E-state index contributed by atoms with van der Waals surface area (Å²) in [4.78, 5) is 14.0. The second-order valence-corrected chi connectivity index (χ2v) is 4.03. The fourth-order valence-corrected chi connectivity index (χ4v) is 2.01. The minimum atomic E-state index is -0.0378. The van der Waals surface area contributed by atoms with Gasteiger partial charge in [0, 0.05) is 12.6 Å². The molecule has 0 fully saturated rings.